The number of hydrogen-bond acceptors (Lipinski definition) is 3. The lowest BCUT2D eigenvalue weighted by molar-refractivity contribution is 0.219. The summed E-state index contributed by atoms with van der Waals surface area (Å²) < 4.78 is 3.88. The van der Waals surface area contributed by atoms with E-state index in [1.807, 2.05) is 45.8 Å². The van der Waals surface area contributed by atoms with Gasteiger partial charge in [-0.3, -0.25) is 0 Å². The van der Waals surface area contributed by atoms with E-state index in [1.165, 1.54) is 0 Å². The van der Waals surface area contributed by atoms with Crippen molar-refractivity contribution in [1.82, 2.24) is 24.4 Å². The van der Waals surface area contributed by atoms with Crippen molar-refractivity contribution in [2.45, 2.75) is 33.4 Å². The number of hydrogen-bond donors (Lipinski definition) is 2. The van der Waals surface area contributed by atoms with Gasteiger partial charge in [0, 0.05) is 42.7 Å². The Morgan fingerprint density at radius 1 is 1.08 bits per heavy atom. The Morgan fingerprint density at radius 3 is 2.35 bits per heavy atom. The quantitative estimate of drug-likeness (QED) is 0.740. The number of amides is 2. The topological polar surface area (TPSA) is 76.8 Å². The van der Waals surface area contributed by atoms with Crippen LogP contribution in [0.3, 0.4) is 0 Å². The van der Waals surface area contributed by atoms with E-state index >= 15 is 0 Å². The third-order valence-electron chi connectivity index (χ3n) is 4.23. The molecule has 0 saturated heterocycles. The van der Waals surface area contributed by atoms with Crippen LogP contribution in [0.15, 0.2) is 61.7 Å². The van der Waals surface area contributed by atoms with E-state index in [0.717, 1.165) is 11.4 Å². The molecule has 1 atom stereocenters. The van der Waals surface area contributed by atoms with Crippen LogP contribution in [-0.4, -0.2) is 31.2 Å². The number of carbonyl (C=O) groups is 1. The maximum Gasteiger partial charge on any atom is 0.319 e. The van der Waals surface area contributed by atoms with E-state index in [-0.39, 0.29) is 17.5 Å². The van der Waals surface area contributed by atoms with Gasteiger partial charge >= 0.3 is 6.03 Å². The maximum absolute atomic E-state index is 12.4. The fourth-order valence-electron chi connectivity index (χ4n) is 2.60. The second kappa shape index (κ2) is 7.43. The first-order chi connectivity index (χ1) is 12.4. The molecule has 136 valence electrons. The molecule has 0 spiro atoms. The van der Waals surface area contributed by atoms with E-state index in [0.29, 0.717) is 6.54 Å². The zero-order valence-electron chi connectivity index (χ0n) is 15.3. The van der Waals surface area contributed by atoms with Gasteiger partial charge in [0.1, 0.15) is 0 Å². The van der Waals surface area contributed by atoms with E-state index in [2.05, 4.69) is 41.4 Å². The molecule has 3 aromatic rings. The standard InChI is InChI=1S/C19H24N6O/c1-19(2,3)17(12-24-10-8-20-13-24)23-18(26)22-15-4-6-16(7-5-15)25-11-9-21-14-25/h4-11,13-14,17H,12H2,1-3H3,(H2,22,23,26)/t17-/m0/s1. The van der Waals surface area contributed by atoms with Crippen molar-refractivity contribution < 1.29 is 4.79 Å². The summed E-state index contributed by atoms with van der Waals surface area (Å²) in [4.78, 5) is 20.5. The number of aromatic nitrogens is 4. The molecule has 26 heavy (non-hydrogen) atoms. The Labute approximate surface area is 153 Å². The third-order valence-corrected chi connectivity index (χ3v) is 4.23. The molecule has 0 fully saturated rings. The summed E-state index contributed by atoms with van der Waals surface area (Å²) in [5, 5.41) is 5.97. The maximum atomic E-state index is 12.4. The fraction of sp³-hybridized carbons (Fsp3) is 0.316. The highest BCUT2D eigenvalue weighted by atomic mass is 16.2. The van der Waals surface area contributed by atoms with Crippen LogP contribution in [0.1, 0.15) is 20.8 Å². The zero-order valence-corrected chi connectivity index (χ0v) is 15.3. The molecule has 7 heteroatoms. The Morgan fingerprint density at radius 2 is 1.77 bits per heavy atom. The first kappa shape index (κ1) is 17.7. The molecule has 0 unspecified atom stereocenters. The molecule has 3 rings (SSSR count). The minimum Gasteiger partial charge on any atom is -0.335 e. The Kier molecular flexibility index (Phi) is 5.06. The number of imidazole rings is 2. The number of nitrogens with zero attached hydrogens (tertiary/aromatic N) is 4. The van der Waals surface area contributed by atoms with Crippen LogP contribution < -0.4 is 10.6 Å². The smallest absolute Gasteiger partial charge is 0.319 e. The highest BCUT2D eigenvalue weighted by Crippen LogP contribution is 2.21. The molecule has 0 saturated carbocycles. The van der Waals surface area contributed by atoms with Crippen molar-refractivity contribution in [2.75, 3.05) is 5.32 Å². The monoisotopic (exact) mass is 352 g/mol. The molecule has 0 aliphatic rings. The van der Waals surface area contributed by atoms with Gasteiger partial charge in [-0.15, -0.1) is 0 Å². The fourth-order valence-corrected chi connectivity index (χ4v) is 2.60. The summed E-state index contributed by atoms with van der Waals surface area (Å²) in [5.41, 5.74) is 1.63. The predicted octanol–water partition coefficient (Wildman–Crippen LogP) is 3.31. The Hall–Kier alpha value is -3.09. The minimum atomic E-state index is -0.222. The van der Waals surface area contributed by atoms with Crippen LogP contribution in [0.2, 0.25) is 0 Å². The summed E-state index contributed by atoms with van der Waals surface area (Å²) in [5.74, 6) is 0. The van der Waals surface area contributed by atoms with Crippen molar-refractivity contribution in [1.29, 1.82) is 0 Å². The van der Waals surface area contributed by atoms with Crippen molar-refractivity contribution in [2.24, 2.45) is 5.41 Å². The number of urea groups is 1. The minimum absolute atomic E-state index is 0.0399. The molecule has 0 bridgehead atoms. The molecule has 1 aromatic carbocycles. The van der Waals surface area contributed by atoms with Gasteiger partial charge in [-0.25, -0.2) is 14.8 Å². The Balaban J connectivity index is 1.62. The van der Waals surface area contributed by atoms with Crippen LogP contribution in [0.4, 0.5) is 10.5 Å². The van der Waals surface area contributed by atoms with Gasteiger partial charge in [-0.1, -0.05) is 20.8 Å². The molecular weight excluding hydrogens is 328 g/mol. The van der Waals surface area contributed by atoms with E-state index < -0.39 is 0 Å². The predicted molar refractivity (Wildman–Crippen MR) is 101 cm³/mol. The zero-order chi connectivity index (χ0) is 18.6. The lowest BCUT2D eigenvalue weighted by Gasteiger charge is -2.31. The van der Waals surface area contributed by atoms with Gasteiger partial charge in [0.05, 0.1) is 18.7 Å². The van der Waals surface area contributed by atoms with Crippen LogP contribution in [0.5, 0.6) is 0 Å². The van der Waals surface area contributed by atoms with Crippen molar-refractivity contribution in [3.63, 3.8) is 0 Å². The molecule has 2 amide bonds. The van der Waals surface area contributed by atoms with E-state index in [9.17, 15) is 4.79 Å². The second-order valence-electron chi connectivity index (χ2n) is 7.29. The third kappa shape index (κ3) is 4.50. The molecule has 2 N–H and O–H groups in total. The van der Waals surface area contributed by atoms with Crippen LogP contribution in [-0.2, 0) is 6.54 Å². The summed E-state index contributed by atoms with van der Waals surface area (Å²) in [7, 11) is 0. The molecule has 0 aliphatic heterocycles. The van der Waals surface area contributed by atoms with Gasteiger partial charge in [0.25, 0.3) is 0 Å². The number of anilines is 1. The molecule has 0 aliphatic carbocycles. The van der Waals surface area contributed by atoms with Gasteiger partial charge in [0.15, 0.2) is 0 Å². The van der Waals surface area contributed by atoms with E-state index in [1.54, 1.807) is 25.0 Å². The number of benzene rings is 1. The normalized spacial score (nSPS) is 12.6. The first-order valence-corrected chi connectivity index (χ1v) is 8.53. The largest absolute Gasteiger partial charge is 0.335 e. The molecule has 7 nitrogen and oxygen atoms in total. The Bertz CT molecular complexity index is 816. The molecule has 2 heterocycles. The van der Waals surface area contributed by atoms with Crippen LogP contribution in [0, 0.1) is 5.41 Å². The summed E-state index contributed by atoms with van der Waals surface area (Å²) in [6, 6.07) is 7.35. The van der Waals surface area contributed by atoms with Gasteiger partial charge in [0.2, 0.25) is 0 Å². The van der Waals surface area contributed by atoms with Crippen molar-refractivity contribution in [3.05, 3.63) is 61.7 Å². The van der Waals surface area contributed by atoms with Crippen molar-refractivity contribution in [3.8, 4) is 5.69 Å². The van der Waals surface area contributed by atoms with Crippen molar-refractivity contribution >= 4 is 11.7 Å². The van der Waals surface area contributed by atoms with Gasteiger partial charge in [-0.05, 0) is 29.7 Å². The van der Waals surface area contributed by atoms with Gasteiger partial charge in [-0.2, -0.15) is 0 Å². The number of rotatable bonds is 5. The van der Waals surface area contributed by atoms with E-state index in [4.69, 9.17) is 0 Å². The summed E-state index contributed by atoms with van der Waals surface area (Å²) in [6.45, 7) is 6.98. The lowest BCUT2D eigenvalue weighted by Crippen LogP contribution is -2.47. The molecule has 0 radical (unpaired) electrons. The summed E-state index contributed by atoms with van der Waals surface area (Å²) in [6.07, 6.45) is 10.7. The van der Waals surface area contributed by atoms with Crippen LogP contribution >= 0.6 is 0 Å². The number of nitrogens with one attached hydrogen (secondary N) is 2. The SMILES string of the molecule is CC(C)(C)[C@H](Cn1ccnc1)NC(=O)Nc1ccc(-n2ccnc2)cc1. The summed E-state index contributed by atoms with van der Waals surface area (Å²) >= 11 is 0. The average molecular weight is 352 g/mol. The number of carbonyl (C=O) groups excluding carboxylic acids is 1. The molecule has 2 aromatic heterocycles. The second-order valence-corrected chi connectivity index (χ2v) is 7.29. The highest BCUT2D eigenvalue weighted by molar-refractivity contribution is 5.89. The average Bonchev–Trinajstić information content (AvgIpc) is 3.28. The molecular formula is C19H24N6O. The first-order valence-electron chi connectivity index (χ1n) is 8.53. The lowest BCUT2D eigenvalue weighted by atomic mass is 9.86. The van der Waals surface area contributed by atoms with Crippen LogP contribution in [0.25, 0.3) is 5.69 Å². The highest BCUT2D eigenvalue weighted by Gasteiger charge is 2.26. The van der Waals surface area contributed by atoms with Gasteiger partial charge < -0.3 is 19.8 Å².